The van der Waals surface area contributed by atoms with Crippen LogP contribution in [0.3, 0.4) is 0 Å². The van der Waals surface area contributed by atoms with Gasteiger partial charge in [0.05, 0.1) is 11.6 Å². The molecule has 0 atom stereocenters. The summed E-state index contributed by atoms with van der Waals surface area (Å²) in [6, 6.07) is 65.5. The molecule has 9 aromatic carbocycles. The van der Waals surface area contributed by atoms with Crippen molar-refractivity contribution in [2.45, 2.75) is 19.3 Å². The fourth-order valence-corrected chi connectivity index (χ4v) is 9.59. The second-order valence-electron chi connectivity index (χ2n) is 16.7. The Morgan fingerprint density at radius 3 is 1.77 bits per heavy atom. The molecule has 12 rings (SSSR count). The van der Waals surface area contributed by atoms with Crippen LogP contribution < -0.4 is 0 Å². The lowest BCUT2D eigenvalue weighted by atomic mass is 9.82. The van der Waals surface area contributed by atoms with Gasteiger partial charge in [-0.2, -0.15) is 5.26 Å². The molecule has 5 heteroatoms. The van der Waals surface area contributed by atoms with E-state index in [-0.39, 0.29) is 5.41 Å². The lowest BCUT2D eigenvalue weighted by molar-refractivity contribution is 0.660. The standard InChI is InChI=1S/C57H36N4O/c1-57(2)49-17-8-6-15-44(49)45-28-25-41(32-50(45)57)56-60-54(36-12-4-3-5-13-36)59-55(61-56)37-21-19-35(20-22-37)39-23-27-43-42-26-24-40(38-14-10-11-34(29-38)33-58)30-47(42)52-46-16-7-9-18-51(46)62-53(52)48(43)31-39/h3-32H,1-2H3. The summed E-state index contributed by atoms with van der Waals surface area (Å²) in [6.07, 6.45) is 0. The quantitative estimate of drug-likeness (QED) is 0.162. The van der Waals surface area contributed by atoms with Gasteiger partial charge in [0.15, 0.2) is 17.5 Å². The van der Waals surface area contributed by atoms with E-state index < -0.39 is 0 Å². The third-order valence-electron chi connectivity index (χ3n) is 12.7. The molecule has 0 saturated carbocycles. The molecule has 5 nitrogen and oxygen atoms in total. The van der Waals surface area contributed by atoms with E-state index in [9.17, 15) is 5.26 Å². The van der Waals surface area contributed by atoms with Gasteiger partial charge in [0.1, 0.15) is 11.2 Å². The number of fused-ring (bicyclic) bond motifs is 11. The lowest BCUT2D eigenvalue weighted by Gasteiger charge is -2.21. The molecule has 2 heterocycles. The van der Waals surface area contributed by atoms with Crippen LogP contribution in [0.2, 0.25) is 0 Å². The van der Waals surface area contributed by atoms with Crippen LogP contribution >= 0.6 is 0 Å². The second kappa shape index (κ2) is 13.7. The zero-order valence-corrected chi connectivity index (χ0v) is 34.0. The van der Waals surface area contributed by atoms with Gasteiger partial charge in [-0.3, -0.25) is 0 Å². The first-order valence-corrected chi connectivity index (χ1v) is 20.9. The SMILES string of the molecule is CC1(C)c2ccccc2-c2ccc(-c3nc(-c4ccccc4)nc(-c4ccc(-c5ccc6c7ccc(-c8cccc(C#N)c8)cc7c7c8ccccc8oc7c6c5)cc4)n3)cc21. The number of aromatic nitrogens is 3. The van der Waals surface area contributed by atoms with E-state index in [1.807, 2.05) is 60.7 Å². The number of benzene rings is 9. The Labute approximate surface area is 358 Å². The van der Waals surface area contributed by atoms with Gasteiger partial charge in [-0.05, 0) is 97.1 Å². The molecule has 62 heavy (non-hydrogen) atoms. The highest BCUT2D eigenvalue weighted by atomic mass is 16.3. The first-order chi connectivity index (χ1) is 30.4. The lowest BCUT2D eigenvalue weighted by Crippen LogP contribution is -2.15. The van der Waals surface area contributed by atoms with Crippen LogP contribution in [0.5, 0.6) is 0 Å². The predicted octanol–water partition coefficient (Wildman–Crippen LogP) is 14.6. The van der Waals surface area contributed by atoms with Crippen LogP contribution in [0, 0.1) is 11.3 Å². The number of rotatable bonds is 5. The van der Waals surface area contributed by atoms with Crippen molar-refractivity contribution in [3.63, 3.8) is 0 Å². The Morgan fingerprint density at radius 2 is 0.984 bits per heavy atom. The summed E-state index contributed by atoms with van der Waals surface area (Å²) in [6.45, 7) is 4.59. The maximum Gasteiger partial charge on any atom is 0.164 e. The van der Waals surface area contributed by atoms with Crippen molar-refractivity contribution in [2.75, 3.05) is 0 Å². The molecule has 0 N–H and O–H groups in total. The number of hydrogen-bond donors (Lipinski definition) is 0. The van der Waals surface area contributed by atoms with Gasteiger partial charge in [-0.1, -0.05) is 159 Å². The van der Waals surface area contributed by atoms with Gasteiger partial charge >= 0.3 is 0 Å². The van der Waals surface area contributed by atoms with E-state index in [1.54, 1.807) is 0 Å². The van der Waals surface area contributed by atoms with E-state index in [0.717, 1.165) is 82.4 Å². The van der Waals surface area contributed by atoms with Crippen molar-refractivity contribution in [3.8, 4) is 73.6 Å². The Bertz CT molecular complexity index is 3670. The summed E-state index contributed by atoms with van der Waals surface area (Å²) in [4.78, 5) is 15.2. The highest BCUT2D eigenvalue weighted by Gasteiger charge is 2.35. The minimum Gasteiger partial charge on any atom is -0.455 e. The maximum atomic E-state index is 9.59. The summed E-state index contributed by atoms with van der Waals surface area (Å²) < 4.78 is 6.71. The number of nitriles is 1. The molecule has 11 aromatic rings. The Hall–Kier alpha value is -8.20. The highest BCUT2D eigenvalue weighted by molar-refractivity contribution is 6.30. The second-order valence-corrected chi connectivity index (χ2v) is 16.7. The number of nitrogens with zero attached hydrogens (tertiary/aromatic N) is 4. The number of hydrogen-bond acceptors (Lipinski definition) is 5. The Morgan fingerprint density at radius 1 is 0.419 bits per heavy atom. The minimum absolute atomic E-state index is 0.141. The van der Waals surface area contributed by atoms with Crippen LogP contribution in [0.4, 0.5) is 0 Å². The van der Waals surface area contributed by atoms with Gasteiger partial charge in [-0.15, -0.1) is 0 Å². The molecule has 0 fully saturated rings. The van der Waals surface area contributed by atoms with Crippen molar-refractivity contribution in [1.82, 2.24) is 15.0 Å². The average molecular weight is 793 g/mol. The zero-order chi connectivity index (χ0) is 41.5. The van der Waals surface area contributed by atoms with Gasteiger partial charge in [0.25, 0.3) is 0 Å². The molecule has 0 unspecified atom stereocenters. The fourth-order valence-electron chi connectivity index (χ4n) is 9.59. The molecule has 0 saturated heterocycles. The van der Waals surface area contributed by atoms with Crippen LogP contribution in [0.1, 0.15) is 30.5 Å². The van der Waals surface area contributed by atoms with Crippen molar-refractivity contribution >= 4 is 43.5 Å². The van der Waals surface area contributed by atoms with Crippen molar-refractivity contribution in [1.29, 1.82) is 5.26 Å². The van der Waals surface area contributed by atoms with E-state index in [0.29, 0.717) is 23.0 Å². The first kappa shape index (κ1) is 35.7. The third-order valence-corrected chi connectivity index (χ3v) is 12.7. The van der Waals surface area contributed by atoms with Crippen LogP contribution in [-0.4, -0.2) is 15.0 Å². The monoisotopic (exact) mass is 792 g/mol. The van der Waals surface area contributed by atoms with E-state index in [2.05, 4.69) is 141 Å². The van der Waals surface area contributed by atoms with E-state index in [1.165, 1.54) is 22.3 Å². The third kappa shape index (κ3) is 5.58. The first-order valence-electron chi connectivity index (χ1n) is 20.9. The van der Waals surface area contributed by atoms with Crippen LogP contribution in [0.25, 0.3) is 111 Å². The molecule has 0 bridgehead atoms. The Kier molecular flexibility index (Phi) is 7.88. The summed E-state index contributed by atoms with van der Waals surface area (Å²) in [7, 11) is 0. The summed E-state index contributed by atoms with van der Waals surface area (Å²) in [5, 5.41) is 16.2. The maximum absolute atomic E-state index is 9.59. The largest absolute Gasteiger partial charge is 0.455 e. The van der Waals surface area contributed by atoms with Gasteiger partial charge in [0, 0.05) is 38.3 Å². The molecule has 0 aliphatic heterocycles. The molecule has 2 aromatic heterocycles. The summed E-state index contributed by atoms with van der Waals surface area (Å²) in [5.41, 5.74) is 14.4. The molecular formula is C57H36N4O. The normalized spacial score (nSPS) is 12.8. The van der Waals surface area contributed by atoms with Gasteiger partial charge in [-0.25, -0.2) is 15.0 Å². The topological polar surface area (TPSA) is 75.6 Å². The highest BCUT2D eigenvalue weighted by Crippen LogP contribution is 2.49. The van der Waals surface area contributed by atoms with Gasteiger partial charge < -0.3 is 4.42 Å². The molecule has 1 aliphatic carbocycles. The van der Waals surface area contributed by atoms with Crippen molar-refractivity contribution in [3.05, 3.63) is 199 Å². The van der Waals surface area contributed by atoms with Crippen LogP contribution in [0.15, 0.2) is 186 Å². The van der Waals surface area contributed by atoms with Crippen LogP contribution in [-0.2, 0) is 5.41 Å². The van der Waals surface area contributed by atoms with Gasteiger partial charge in [0.2, 0.25) is 0 Å². The molecular weight excluding hydrogens is 757 g/mol. The average Bonchev–Trinajstić information content (AvgIpc) is 3.84. The Balaban J connectivity index is 0.961. The predicted molar refractivity (Wildman–Crippen MR) is 252 cm³/mol. The van der Waals surface area contributed by atoms with E-state index >= 15 is 0 Å². The summed E-state index contributed by atoms with van der Waals surface area (Å²) in [5.74, 6) is 1.90. The number of para-hydroxylation sites is 1. The molecule has 1 aliphatic rings. The molecule has 0 spiro atoms. The smallest absolute Gasteiger partial charge is 0.164 e. The van der Waals surface area contributed by atoms with Crippen molar-refractivity contribution in [2.24, 2.45) is 0 Å². The molecule has 0 radical (unpaired) electrons. The minimum atomic E-state index is -0.141. The zero-order valence-electron chi connectivity index (χ0n) is 34.0. The summed E-state index contributed by atoms with van der Waals surface area (Å²) >= 11 is 0. The molecule has 0 amide bonds. The molecule has 290 valence electrons. The van der Waals surface area contributed by atoms with E-state index in [4.69, 9.17) is 19.4 Å². The van der Waals surface area contributed by atoms with Crippen molar-refractivity contribution < 1.29 is 4.42 Å². The fraction of sp³-hybridized carbons (Fsp3) is 0.0526. The number of furan rings is 1.